The topological polar surface area (TPSA) is 391 Å². The Labute approximate surface area is 443 Å². The van der Waals surface area contributed by atoms with Gasteiger partial charge >= 0.3 is 0 Å². The minimum absolute atomic E-state index is 0.00146. The number of fused-ring (bicyclic) bond motifs is 2. The Bertz CT molecular complexity index is 2130. The van der Waals surface area contributed by atoms with Crippen molar-refractivity contribution in [2.45, 2.75) is 203 Å². The van der Waals surface area contributed by atoms with Crippen LogP contribution in [0.3, 0.4) is 0 Å². The third-order valence-electron chi connectivity index (χ3n) is 14.6. The number of phenols is 1. The summed E-state index contributed by atoms with van der Waals surface area (Å²) in [6.07, 6.45) is -4.07. The molecule has 76 heavy (non-hydrogen) atoms. The molecule has 1 aromatic carbocycles. The van der Waals surface area contributed by atoms with Crippen LogP contribution in [0.2, 0.25) is 0 Å². The lowest BCUT2D eigenvalue weighted by Crippen LogP contribution is -2.64. The second-order valence-electron chi connectivity index (χ2n) is 21.1. The maximum atomic E-state index is 14.5. The van der Waals surface area contributed by atoms with Crippen molar-refractivity contribution in [2.75, 3.05) is 26.2 Å². The highest BCUT2D eigenvalue weighted by Crippen LogP contribution is 2.26. The number of hydrogen-bond donors (Lipinski definition) is 14. The highest BCUT2D eigenvalue weighted by Gasteiger charge is 2.48. The van der Waals surface area contributed by atoms with E-state index >= 15 is 0 Å². The number of aromatic hydroxyl groups is 1. The van der Waals surface area contributed by atoms with Crippen molar-refractivity contribution >= 4 is 47.3 Å². The number of hydrogen-bond acceptors (Lipinski definition) is 16. The molecule has 24 nitrogen and oxygen atoms in total. The summed E-state index contributed by atoms with van der Waals surface area (Å²) in [7, 11) is 0. The van der Waals surface area contributed by atoms with Crippen LogP contribution in [0.4, 0.5) is 0 Å². The minimum Gasteiger partial charge on any atom is -0.508 e. The van der Waals surface area contributed by atoms with Gasteiger partial charge in [-0.2, -0.15) is 0 Å². The van der Waals surface area contributed by atoms with E-state index in [0.29, 0.717) is 18.3 Å². The van der Waals surface area contributed by atoms with Gasteiger partial charge in [-0.05, 0) is 61.6 Å². The lowest BCUT2D eigenvalue weighted by atomic mass is 9.91. The van der Waals surface area contributed by atoms with Gasteiger partial charge in [0.05, 0.1) is 43.0 Å². The molecule has 0 spiro atoms. The monoisotopic (exact) mass is 1080 g/mol. The number of unbranched alkanes of at least 4 members (excludes halogenated alkanes) is 5. The van der Waals surface area contributed by atoms with Gasteiger partial charge in [0.2, 0.25) is 47.3 Å². The van der Waals surface area contributed by atoms with E-state index in [4.69, 9.17) is 5.73 Å². The van der Waals surface area contributed by atoms with Crippen LogP contribution in [-0.2, 0) is 51.2 Å². The van der Waals surface area contributed by atoms with Gasteiger partial charge in [0.1, 0.15) is 42.0 Å². The van der Waals surface area contributed by atoms with Gasteiger partial charge in [0.25, 0.3) is 0 Å². The predicted octanol–water partition coefficient (Wildman–Crippen LogP) is -2.62. The summed E-state index contributed by atoms with van der Waals surface area (Å²) in [6.45, 7) is 6.06. The van der Waals surface area contributed by atoms with Crippen molar-refractivity contribution in [3.8, 4) is 5.75 Å². The SMILES string of the molecule is CCC(C)CC(C)CCCCCCCCC(=O)NC1C[C@@H](O)CNC(=O)[C@@H]2[C@@H](O)CCN2C(=O)[C@H]([C@@H](O)CC(N)=O)NC(=O)[C@H]([C@H](O)Cc2ccc(O)c(CCO)c2)NC(=O)[C@@H]2C[C@@H](O)CN2C(=O)[C@H]([C@H](C)O)NC1=O. The number of primary amides is 1. The molecule has 0 bridgehead atoms. The molecule has 15 N–H and O–H groups in total. The molecule has 8 amide bonds. The average Bonchev–Trinajstić information content (AvgIpc) is 3.95. The summed E-state index contributed by atoms with van der Waals surface area (Å²) in [6, 6.07) is -6.92. The van der Waals surface area contributed by atoms with E-state index in [1.54, 1.807) is 0 Å². The second kappa shape index (κ2) is 30.4. The third-order valence-corrected chi connectivity index (χ3v) is 14.6. The highest BCUT2D eigenvalue weighted by molar-refractivity contribution is 5.98. The fraction of sp³-hybridized carbons (Fsp3) is 0.731. The molecule has 4 rings (SSSR count). The Balaban J connectivity index is 1.67. The van der Waals surface area contributed by atoms with Crippen molar-refractivity contribution in [1.29, 1.82) is 0 Å². The van der Waals surface area contributed by atoms with Crippen molar-refractivity contribution in [3.05, 3.63) is 29.3 Å². The van der Waals surface area contributed by atoms with Crippen LogP contribution < -0.4 is 32.3 Å². The molecule has 0 radical (unpaired) electrons. The number of β-amino-alcohol motifs (C(OH)–C–C–N with tert-alkyl or cyclic N) is 1. The number of carbonyl (C=O) groups excluding carboxylic acids is 8. The van der Waals surface area contributed by atoms with Crippen LogP contribution in [0.5, 0.6) is 5.75 Å². The van der Waals surface area contributed by atoms with E-state index in [2.05, 4.69) is 47.4 Å². The smallest absolute Gasteiger partial charge is 0.248 e. The van der Waals surface area contributed by atoms with E-state index in [0.717, 1.165) is 61.7 Å². The van der Waals surface area contributed by atoms with Crippen LogP contribution >= 0.6 is 0 Å². The first kappa shape index (κ1) is 63.0. The number of nitrogens with zero attached hydrogens (tertiary/aromatic N) is 2. The summed E-state index contributed by atoms with van der Waals surface area (Å²) in [5.74, 6) is -7.42. The Morgan fingerprint density at radius 3 is 2.08 bits per heavy atom. The zero-order chi connectivity index (χ0) is 56.4. The van der Waals surface area contributed by atoms with Crippen LogP contribution in [0.1, 0.15) is 129 Å². The summed E-state index contributed by atoms with van der Waals surface area (Å²) in [5.41, 5.74) is 5.91. The predicted molar refractivity (Wildman–Crippen MR) is 274 cm³/mol. The molecule has 3 aliphatic rings. The molecule has 0 aliphatic carbocycles. The van der Waals surface area contributed by atoms with Gasteiger partial charge in [0, 0.05) is 51.9 Å². The van der Waals surface area contributed by atoms with Crippen LogP contribution in [0, 0.1) is 11.8 Å². The number of aliphatic hydroxyl groups excluding tert-OH is 7. The average molecular weight is 1080 g/mol. The molecule has 3 saturated heterocycles. The molecular formula is C52H84N8O16. The molecule has 3 heterocycles. The fourth-order valence-corrected chi connectivity index (χ4v) is 10.2. The fourth-order valence-electron chi connectivity index (χ4n) is 10.2. The number of nitrogens with one attached hydrogen (secondary N) is 5. The highest BCUT2D eigenvalue weighted by atomic mass is 16.3. The summed E-state index contributed by atoms with van der Waals surface area (Å²) in [5, 5.41) is 99.1. The number of amides is 8. The van der Waals surface area contributed by atoms with Crippen molar-refractivity contribution in [1.82, 2.24) is 36.4 Å². The van der Waals surface area contributed by atoms with Gasteiger partial charge < -0.3 is 83.0 Å². The first-order chi connectivity index (χ1) is 35.9. The second-order valence-corrected chi connectivity index (χ2v) is 21.1. The standard InChI is InChI=1S/C52H84N8O16/c1-5-28(2)20-29(3)12-10-8-6-7-9-11-13-42(70)55-35-23-33(63)26-54-50(74)46-38(66)16-18-59(46)52(76)45(40(68)25-41(53)69)58-49(73)44(39(67)22-31-14-15-37(65)32(21-31)17-19-61)57-48(72)36-24-34(64)27-60(36)51(75)43(30(4)62)56-47(35)71/h14-15,21,28-30,33-36,38-40,43-46,61-68H,5-13,16-20,22-27H2,1-4H3,(H2,53,69)(H,54,74)(H,55,70)(H,56,71)(H,57,72)(H,58,73)/t28?,29?,30-,33+,34+,35?,36-,38-,39+,40-,43-,44-,45-,46-/m0/s1. The van der Waals surface area contributed by atoms with Gasteiger partial charge in [-0.15, -0.1) is 0 Å². The zero-order valence-corrected chi connectivity index (χ0v) is 44.3. The van der Waals surface area contributed by atoms with Crippen LogP contribution in [0.25, 0.3) is 0 Å². The molecule has 3 aliphatic heterocycles. The van der Waals surface area contributed by atoms with E-state index in [9.17, 15) is 79.2 Å². The zero-order valence-electron chi connectivity index (χ0n) is 44.3. The normalized spacial score (nSPS) is 27.4. The summed E-state index contributed by atoms with van der Waals surface area (Å²) in [4.78, 5) is 113. The van der Waals surface area contributed by atoms with E-state index in [1.165, 1.54) is 24.6 Å². The lowest BCUT2D eigenvalue weighted by molar-refractivity contribution is -0.147. The molecule has 3 unspecified atom stereocenters. The molecule has 1 aromatic rings. The Morgan fingerprint density at radius 2 is 1.42 bits per heavy atom. The Hall–Kier alpha value is -5.50. The molecule has 3 fully saturated rings. The van der Waals surface area contributed by atoms with Gasteiger partial charge in [-0.3, -0.25) is 38.4 Å². The third kappa shape index (κ3) is 18.6. The number of rotatable bonds is 22. The number of carbonyl (C=O) groups is 8. The molecule has 0 aromatic heterocycles. The van der Waals surface area contributed by atoms with Crippen molar-refractivity contribution in [2.24, 2.45) is 17.6 Å². The molecule has 0 saturated carbocycles. The first-order valence-corrected chi connectivity index (χ1v) is 26.8. The molecule has 14 atom stereocenters. The van der Waals surface area contributed by atoms with Crippen LogP contribution in [0.15, 0.2) is 18.2 Å². The van der Waals surface area contributed by atoms with Crippen molar-refractivity contribution < 1.29 is 79.2 Å². The Morgan fingerprint density at radius 1 is 0.776 bits per heavy atom. The minimum atomic E-state index is -2.13. The summed E-state index contributed by atoms with van der Waals surface area (Å²) >= 11 is 0. The number of nitrogens with two attached hydrogens (primary N) is 1. The maximum Gasteiger partial charge on any atom is 0.248 e. The maximum absolute atomic E-state index is 14.5. The Kier molecular flexibility index (Phi) is 25.2. The number of aliphatic hydroxyl groups is 7. The first-order valence-electron chi connectivity index (χ1n) is 26.8. The molecular weight excluding hydrogens is 993 g/mol. The summed E-state index contributed by atoms with van der Waals surface area (Å²) < 4.78 is 0. The number of benzene rings is 1. The van der Waals surface area contributed by atoms with E-state index < -0.39 is 159 Å². The van der Waals surface area contributed by atoms with Gasteiger partial charge in [0.15, 0.2) is 0 Å². The number of phenolic OH excluding ortho intramolecular Hbond substituents is 1. The van der Waals surface area contributed by atoms with Crippen LogP contribution in [-0.4, -0.2) is 197 Å². The van der Waals surface area contributed by atoms with Gasteiger partial charge in [-0.25, -0.2) is 0 Å². The molecule has 24 heteroatoms. The molecule has 428 valence electrons. The van der Waals surface area contributed by atoms with Crippen molar-refractivity contribution in [3.63, 3.8) is 0 Å². The largest absolute Gasteiger partial charge is 0.508 e. The van der Waals surface area contributed by atoms with E-state index in [1.807, 2.05) is 0 Å². The van der Waals surface area contributed by atoms with E-state index in [-0.39, 0.29) is 49.3 Å². The van der Waals surface area contributed by atoms with Gasteiger partial charge in [-0.1, -0.05) is 77.8 Å². The lowest BCUT2D eigenvalue weighted by Gasteiger charge is -2.33. The quantitative estimate of drug-likeness (QED) is 0.0529.